The van der Waals surface area contributed by atoms with Crippen LogP contribution in [0.2, 0.25) is 0 Å². The minimum Gasteiger partial charge on any atom is -0.508 e. The van der Waals surface area contributed by atoms with E-state index in [1.54, 1.807) is 36.2 Å². The second-order valence-electron chi connectivity index (χ2n) is 4.10. The summed E-state index contributed by atoms with van der Waals surface area (Å²) < 4.78 is 13.3. The minimum atomic E-state index is -0.393. The molecule has 2 aromatic rings. The van der Waals surface area contributed by atoms with Gasteiger partial charge in [-0.25, -0.2) is 4.39 Å². The fourth-order valence-corrected chi connectivity index (χ4v) is 2.00. The summed E-state index contributed by atoms with van der Waals surface area (Å²) in [4.78, 5) is 1.91. The normalized spacial score (nSPS) is 10.2. The zero-order valence-corrected chi connectivity index (χ0v) is 11.1. The van der Waals surface area contributed by atoms with Crippen LogP contribution < -0.4 is 10.6 Å². The van der Waals surface area contributed by atoms with Crippen LogP contribution in [-0.2, 0) is 0 Å². The van der Waals surface area contributed by atoms with E-state index in [1.165, 1.54) is 12.1 Å². The van der Waals surface area contributed by atoms with Crippen LogP contribution >= 0.6 is 12.2 Å². The Bertz CT molecular complexity index is 631. The molecule has 0 atom stereocenters. The smallest absolute Gasteiger partial charge is 0.124 e. The van der Waals surface area contributed by atoms with E-state index in [9.17, 15) is 9.50 Å². The number of thiocarbonyl (C=S) groups is 1. The molecule has 98 valence electrons. The average molecular weight is 276 g/mol. The second-order valence-corrected chi connectivity index (χ2v) is 4.54. The molecule has 2 rings (SSSR count). The highest BCUT2D eigenvalue weighted by molar-refractivity contribution is 7.80. The summed E-state index contributed by atoms with van der Waals surface area (Å²) in [6, 6.07) is 11.0. The minimum absolute atomic E-state index is 0.126. The van der Waals surface area contributed by atoms with Crippen molar-refractivity contribution in [3.63, 3.8) is 0 Å². The summed E-state index contributed by atoms with van der Waals surface area (Å²) in [5, 5.41) is 9.49. The van der Waals surface area contributed by atoms with Crippen LogP contribution in [0.4, 0.5) is 15.8 Å². The number of aromatic hydroxyl groups is 1. The van der Waals surface area contributed by atoms with Crippen LogP contribution in [0.3, 0.4) is 0 Å². The predicted molar refractivity (Wildman–Crippen MR) is 78.5 cm³/mol. The van der Waals surface area contributed by atoms with Gasteiger partial charge in [0.2, 0.25) is 0 Å². The third-order valence-electron chi connectivity index (χ3n) is 2.80. The van der Waals surface area contributed by atoms with Crippen LogP contribution in [0.1, 0.15) is 5.56 Å². The molecule has 3 N–H and O–H groups in total. The molecule has 0 fully saturated rings. The van der Waals surface area contributed by atoms with Gasteiger partial charge in [0.05, 0.1) is 5.69 Å². The van der Waals surface area contributed by atoms with Crippen molar-refractivity contribution in [2.24, 2.45) is 5.73 Å². The molecule has 0 saturated carbocycles. The first kappa shape index (κ1) is 13.3. The van der Waals surface area contributed by atoms with Crippen molar-refractivity contribution in [1.82, 2.24) is 0 Å². The molecule has 0 aromatic heterocycles. The van der Waals surface area contributed by atoms with Gasteiger partial charge in [0, 0.05) is 24.4 Å². The average Bonchev–Trinajstić information content (AvgIpc) is 2.37. The highest BCUT2D eigenvalue weighted by Gasteiger charge is 2.12. The van der Waals surface area contributed by atoms with Gasteiger partial charge in [0.25, 0.3) is 0 Å². The van der Waals surface area contributed by atoms with E-state index in [2.05, 4.69) is 0 Å². The molecular formula is C14H13FN2OS. The molecule has 3 nitrogen and oxygen atoms in total. The van der Waals surface area contributed by atoms with E-state index in [0.717, 1.165) is 5.69 Å². The fourth-order valence-electron chi connectivity index (χ4n) is 1.84. The lowest BCUT2D eigenvalue weighted by Crippen LogP contribution is -2.18. The summed E-state index contributed by atoms with van der Waals surface area (Å²) in [7, 11) is 1.80. The monoisotopic (exact) mass is 276 g/mol. The van der Waals surface area contributed by atoms with E-state index < -0.39 is 5.82 Å². The van der Waals surface area contributed by atoms with E-state index in [4.69, 9.17) is 18.0 Å². The predicted octanol–water partition coefficient (Wildman–Crippen LogP) is 2.93. The van der Waals surface area contributed by atoms with E-state index in [0.29, 0.717) is 11.3 Å². The summed E-state index contributed by atoms with van der Waals surface area (Å²) >= 11 is 4.94. The summed E-state index contributed by atoms with van der Waals surface area (Å²) in [6.45, 7) is 0. The third kappa shape index (κ3) is 2.82. The second kappa shape index (κ2) is 5.24. The third-order valence-corrected chi connectivity index (χ3v) is 3.02. The van der Waals surface area contributed by atoms with Crippen LogP contribution in [0.5, 0.6) is 5.75 Å². The standard InChI is InChI=1S/C14H13FN2OS/c1-17(10-3-2-4-11(18)8-10)13-6-5-9(15)7-12(13)14(16)19/h2-8,18H,1H3,(H2,16,19). The Balaban J connectivity index is 2.49. The number of benzene rings is 2. The first-order valence-corrected chi connectivity index (χ1v) is 6.02. The number of nitrogens with zero attached hydrogens (tertiary/aromatic N) is 1. The summed E-state index contributed by atoms with van der Waals surface area (Å²) in [5.41, 5.74) is 7.51. The van der Waals surface area contributed by atoms with Gasteiger partial charge < -0.3 is 15.7 Å². The highest BCUT2D eigenvalue weighted by Crippen LogP contribution is 2.29. The molecule has 0 radical (unpaired) electrons. The van der Waals surface area contributed by atoms with E-state index in [1.807, 2.05) is 6.07 Å². The quantitative estimate of drug-likeness (QED) is 0.846. The molecule has 0 spiro atoms. The van der Waals surface area contributed by atoms with Crippen molar-refractivity contribution < 1.29 is 9.50 Å². The van der Waals surface area contributed by atoms with Crippen LogP contribution in [-0.4, -0.2) is 17.1 Å². The van der Waals surface area contributed by atoms with Crippen LogP contribution in [0, 0.1) is 5.82 Å². The number of hydrogen-bond donors (Lipinski definition) is 2. The number of phenolic OH excluding ortho intramolecular Hbond substituents is 1. The molecule has 0 saturated heterocycles. The van der Waals surface area contributed by atoms with Crippen molar-refractivity contribution in [3.8, 4) is 5.75 Å². The lowest BCUT2D eigenvalue weighted by Gasteiger charge is -2.22. The maximum absolute atomic E-state index is 13.3. The van der Waals surface area contributed by atoms with Crippen LogP contribution in [0.25, 0.3) is 0 Å². The molecule has 5 heteroatoms. The zero-order valence-electron chi connectivity index (χ0n) is 10.3. The maximum atomic E-state index is 13.3. The van der Waals surface area contributed by atoms with Gasteiger partial charge in [-0.3, -0.25) is 0 Å². The highest BCUT2D eigenvalue weighted by atomic mass is 32.1. The van der Waals surface area contributed by atoms with Gasteiger partial charge in [-0.2, -0.15) is 0 Å². The first-order chi connectivity index (χ1) is 8.99. The maximum Gasteiger partial charge on any atom is 0.124 e. The van der Waals surface area contributed by atoms with E-state index in [-0.39, 0.29) is 10.7 Å². The Morgan fingerprint density at radius 1 is 1.26 bits per heavy atom. The number of anilines is 2. The Labute approximate surface area is 116 Å². The summed E-state index contributed by atoms with van der Waals surface area (Å²) in [6.07, 6.45) is 0. The van der Waals surface area contributed by atoms with Gasteiger partial charge in [0.1, 0.15) is 16.6 Å². The van der Waals surface area contributed by atoms with Crippen molar-refractivity contribution in [1.29, 1.82) is 0 Å². The van der Waals surface area contributed by atoms with Gasteiger partial charge >= 0.3 is 0 Å². The number of halogens is 1. The molecule has 0 aliphatic rings. The van der Waals surface area contributed by atoms with Crippen molar-refractivity contribution in [2.45, 2.75) is 0 Å². The Hall–Kier alpha value is -2.14. The number of hydrogen-bond acceptors (Lipinski definition) is 3. The zero-order chi connectivity index (χ0) is 14.0. The molecule has 0 aliphatic carbocycles. The van der Waals surface area contributed by atoms with Gasteiger partial charge in [-0.1, -0.05) is 18.3 Å². The largest absolute Gasteiger partial charge is 0.508 e. The Kier molecular flexibility index (Phi) is 3.66. The lowest BCUT2D eigenvalue weighted by atomic mass is 10.1. The molecule has 2 aromatic carbocycles. The van der Waals surface area contributed by atoms with Crippen molar-refractivity contribution >= 4 is 28.6 Å². The van der Waals surface area contributed by atoms with Crippen molar-refractivity contribution in [2.75, 3.05) is 11.9 Å². The van der Waals surface area contributed by atoms with Gasteiger partial charge in [-0.15, -0.1) is 0 Å². The van der Waals surface area contributed by atoms with Crippen molar-refractivity contribution in [3.05, 3.63) is 53.8 Å². The molecule has 0 amide bonds. The molecular weight excluding hydrogens is 263 g/mol. The fraction of sp³-hybridized carbons (Fsp3) is 0.0714. The molecule has 0 bridgehead atoms. The lowest BCUT2D eigenvalue weighted by molar-refractivity contribution is 0.475. The van der Waals surface area contributed by atoms with Gasteiger partial charge in [-0.05, 0) is 30.3 Å². The Morgan fingerprint density at radius 3 is 2.63 bits per heavy atom. The number of phenols is 1. The molecule has 0 heterocycles. The van der Waals surface area contributed by atoms with Crippen LogP contribution in [0.15, 0.2) is 42.5 Å². The summed E-state index contributed by atoms with van der Waals surface area (Å²) in [5.74, 6) is -0.237. The molecule has 19 heavy (non-hydrogen) atoms. The molecule has 0 unspecified atom stereocenters. The number of nitrogens with two attached hydrogens (primary N) is 1. The molecule has 0 aliphatic heterocycles. The topological polar surface area (TPSA) is 49.5 Å². The van der Waals surface area contributed by atoms with E-state index >= 15 is 0 Å². The van der Waals surface area contributed by atoms with Gasteiger partial charge in [0.15, 0.2) is 0 Å². The SMILES string of the molecule is CN(c1cccc(O)c1)c1ccc(F)cc1C(N)=S. The first-order valence-electron chi connectivity index (χ1n) is 5.61. The number of rotatable bonds is 3. The Morgan fingerprint density at radius 2 is 2.00 bits per heavy atom.